The van der Waals surface area contributed by atoms with Gasteiger partial charge in [-0.05, 0) is 104 Å². The maximum absolute atomic E-state index is 14.3. The Labute approximate surface area is 195 Å². The zero-order valence-corrected chi connectivity index (χ0v) is 19.5. The molecular weight excluding hydrogens is 412 g/mol. The maximum atomic E-state index is 14.3. The molecule has 172 valence electrons. The number of carbonyl (C=O) groups is 1. The molecule has 2 aromatic rings. The Balaban J connectivity index is 1.37. The summed E-state index contributed by atoms with van der Waals surface area (Å²) < 4.78 is 10.8. The molecule has 7 rings (SSSR count). The number of hydrogen-bond acceptors (Lipinski definition) is 4. The van der Waals surface area contributed by atoms with Gasteiger partial charge in [-0.3, -0.25) is 4.79 Å². The average molecular weight is 445 g/mol. The van der Waals surface area contributed by atoms with E-state index in [0.717, 1.165) is 65.4 Å². The quantitative estimate of drug-likeness (QED) is 0.603. The lowest BCUT2D eigenvalue weighted by Gasteiger charge is -2.56. The molecule has 5 heteroatoms. The highest BCUT2D eigenvalue weighted by atomic mass is 16.5. The van der Waals surface area contributed by atoms with Gasteiger partial charge in [-0.1, -0.05) is 12.1 Å². The zero-order chi connectivity index (χ0) is 22.6. The molecule has 4 bridgehead atoms. The molecule has 2 aromatic carbocycles. The second kappa shape index (κ2) is 7.89. The SMILES string of the molecule is COc1ccc(C2=NN(C(=O)C34CC5CC(CC(C5)C3)C4)C(c3cccc(OC)c3)C2)cc1. The molecule has 4 fully saturated rings. The lowest BCUT2D eigenvalue weighted by Crippen LogP contribution is -2.53. The Morgan fingerprint density at radius 2 is 1.55 bits per heavy atom. The van der Waals surface area contributed by atoms with Gasteiger partial charge in [0.05, 0.1) is 31.4 Å². The Bertz CT molecular complexity index is 1060. The molecule has 0 aromatic heterocycles. The lowest BCUT2D eigenvalue weighted by molar-refractivity contribution is -0.159. The summed E-state index contributed by atoms with van der Waals surface area (Å²) in [5.74, 6) is 4.06. The van der Waals surface area contributed by atoms with Crippen LogP contribution in [0.3, 0.4) is 0 Å². The minimum absolute atomic E-state index is 0.0993. The fourth-order valence-electron chi connectivity index (χ4n) is 7.38. The van der Waals surface area contributed by atoms with Crippen LogP contribution in [-0.4, -0.2) is 30.8 Å². The number of methoxy groups -OCH3 is 2. The summed E-state index contributed by atoms with van der Waals surface area (Å²) in [5, 5.41) is 6.85. The molecule has 0 N–H and O–H groups in total. The van der Waals surface area contributed by atoms with E-state index in [1.165, 1.54) is 19.3 Å². The minimum atomic E-state index is -0.218. The largest absolute Gasteiger partial charge is 0.497 e. The second-order valence-electron chi connectivity index (χ2n) is 10.6. The molecule has 0 spiro atoms. The molecule has 5 nitrogen and oxygen atoms in total. The Kier molecular flexibility index (Phi) is 4.97. The predicted molar refractivity (Wildman–Crippen MR) is 127 cm³/mol. The first-order valence-electron chi connectivity index (χ1n) is 12.3. The number of hydrogen-bond donors (Lipinski definition) is 0. The first-order chi connectivity index (χ1) is 16.1. The van der Waals surface area contributed by atoms with Gasteiger partial charge < -0.3 is 9.47 Å². The highest BCUT2D eigenvalue weighted by Crippen LogP contribution is 2.61. The number of hydrazone groups is 1. The van der Waals surface area contributed by atoms with Crippen LogP contribution in [0.1, 0.15) is 62.1 Å². The van der Waals surface area contributed by atoms with Gasteiger partial charge in [-0.15, -0.1) is 0 Å². The standard InChI is InChI=1S/C28H32N2O3/c1-32-23-8-6-21(7-9-23)25-14-26(22-4-3-5-24(13-22)33-2)30(29-25)27(31)28-15-18-10-19(16-28)12-20(11-18)17-28/h3-9,13,18-20,26H,10-12,14-17H2,1-2H3. The molecule has 33 heavy (non-hydrogen) atoms. The van der Waals surface area contributed by atoms with E-state index < -0.39 is 0 Å². The molecule has 4 saturated carbocycles. The van der Waals surface area contributed by atoms with E-state index in [1.807, 2.05) is 41.4 Å². The van der Waals surface area contributed by atoms with E-state index >= 15 is 0 Å². The highest BCUT2D eigenvalue weighted by Gasteiger charge is 2.57. The summed E-state index contributed by atoms with van der Waals surface area (Å²) in [5.41, 5.74) is 2.87. The molecule has 1 unspecified atom stereocenters. The van der Waals surface area contributed by atoms with Crippen LogP contribution in [0, 0.1) is 23.2 Å². The Morgan fingerprint density at radius 1 is 0.909 bits per heavy atom. The lowest BCUT2D eigenvalue weighted by atomic mass is 9.49. The van der Waals surface area contributed by atoms with Gasteiger partial charge in [0, 0.05) is 6.42 Å². The first-order valence-corrected chi connectivity index (χ1v) is 12.3. The normalized spacial score (nSPS) is 32.1. The summed E-state index contributed by atoms with van der Waals surface area (Å²) in [4.78, 5) is 14.3. The van der Waals surface area contributed by atoms with Crippen molar-refractivity contribution in [3.05, 3.63) is 59.7 Å². The van der Waals surface area contributed by atoms with Gasteiger partial charge in [-0.2, -0.15) is 5.10 Å². The number of nitrogens with zero attached hydrogens (tertiary/aromatic N) is 2. The summed E-state index contributed by atoms with van der Waals surface area (Å²) in [6.07, 6.45) is 7.83. The van der Waals surface area contributed by atoms with Crippen molar-refractivity contribution in [3.63, 3.8) is 0 Å². The van der Waals surface area contributed by atoms with Crippen molar-refractivity contribution in [2.75, 3.05) is 14.2 Å². The minimum Gasteiger partial charge on any atom is -0.497 e. The van der Waals surface area contributed by atoms with E-state index in [2.05, 4.69) is 12.1 Å². The number of rotatable bonds is 5. The number of benzene rings is 2. The summed E-state index contributed by atoms with van der Waals surface area (Å²) in [6.45, 7) is 0. The second-order valence-corrected chi connectivity index (χ2v) is 10.6. The van der Waals surface area contributed by atoms with Crippen molar-refractivity contribution in [1.29, 1.82) is 0 Å². The van der Waals surface area contributed by atoms with E-state index in [0.29, 0.717) is 6.42 Å². The Hall–Kier alpha value is -2.82. The van der Waals surface area contributed by atoms with Crippen LogP contribution in [0.25, 0.3) is 0 Å². The zero-order valence-electron chi connectivity index (χ0n) is 19.5. The fourth-order valence-corrected chi connectivity index (χ4v) is 7.38. The van der Waals surface area contributed by atoms with Gasteiger partial charge >= 0.3 is 0 Å². The van der Waals surface area contributed by atoms with Crippen molar-refractivity contribution in [3.8, 4) is 11.5 Å². The fraction of sp³-hybridized carbons (Fsp3) is 0.500. The van der Waals surface area contributed by atoms with Crippen LogP contribution in [-0.2, 0) is 4.79 Å². The van der Waals surface area contributed by atoms with Crippen LogP contribution in [0.5, 0.6) is 11.5 Å². The van der Waals surface area contributed by atoms with Crippen LogP contribution in [0.4, 0.5) is 0 Å². The number of ether oxygens (including phenoxy) is 2. The van der Waals surface area contributed by atoms with Crippen molar-refractivity contribution in [2.24, 2.45) is 28.3 Å². The first kappa shape index (κ1) is 20.8. The molecule has 0 saturated heterocycles. The molecule has 4 aliphatic carbocycles. The van der Waals surface area contributed by atoms with Gasteiger partial charge in [0.2, 0.25) is 5.91 Å². The van der Waals surface area contributed by atoms with E-state index in [9.17, 15) is 4.79 Å². The van der Waals surface area contributed by atoms with E-state index in [1.54, 1.807) is 14.2 Å². The molecule has 0 radical (unpaired) electrons. The molecular formula is C28H32N2O3. The van der Waals surface area contributed by atoms with Gasteiger partial charge in [0.1, 0.15) is 11.5 Å². The van der Waals surface area contributed by atoms with Crippen LogP contribution in [0.15, 0.2) is 53.6 Å². The highest BCUT2D eigenvalue weighted by molar-refractivity contribution is 6.03. The summed E-state index contributed by atoms with van der Waals surface area (Å²) in [7, 11) is 3.36. The van der Waals surface area contributed by atoms with Crippen molar-refractivity contribution >= 4 is 11.6 Å². The molecule has 1 heterocycles. The summed E-state index contributed by atoms with van der Waals surface area (Å²) >= 11 is 0. The van der Waals surface area contributed by atoms with Crippen molar-refractivity contribution in [1.82, 2.24) is 5.01 Å². The monoisotopic (exact) mass is 444 g/mol. The smallest absolute Gasteiger partial charge is 0.249 e. The van der Waals surface area contributed by atoms with Gasteiger partial charge in [0.25, 0.3) is 0 Å². The predicted octanol–water partition coefficient (Wildman–Crippen LogP) is 5.60. The topological polar surface area (TPSA) is 51.1 Å². The summed E-state index contributed by atoms with van der Waals surface area (Å²) in [6, 6.07) is 16.0. The molecule has 5 aliphatic rings. The third-order valence-electron chi connectivity index (χ3n) is 8.51. The van der Waals surface area contributed by atoms with Crippen molar-refractivity contribution in [2.45, 2.75) is 51.0 Å². The van der Waals surface area contributed by atoms with Crippen LogP contribution < -0.4 is 9.47 Å². The average Bonchev–Trinajstić information content (AvgIpc) is 3.28. The van der Waals surface area contributed by atoms with Gasteiger partial charge in [-0.25, -0.2) is 5.01 Å². The third-order valence-corrected chi connectivity index (χ3v) is 8.51. The van der Waals surface area contributed by atoms with E-state index in [-0.39, 0.29) is 17.4 Å². The van der Waals surface area contributed by atoms with Crippen LogP contribution >= 0.6 is 0 Å². The van der Waals surface area contributed by atoms with Crippen molar-refractivity contribution < 1.29 is 14.3 Å². The number of carbonyl (C=O) groups excluding carboxylic acids is 1. The molecule has 1 atom stereocenters. The molecule has 1 aliphatic heterocycles. The Morgan fingerprint density at radius 3 is 2.15 bits per heavy atom. The van der Waals surface area contributed by atoms with Crippen LogP contribution in [0.2, 0.25) is 0 Å². The third kappa shape index (κ3) is 3.53. The van der Waals surface area contributed by atoms with Gasteiger partial charge in [0.15, 0.2) is 0 Å². The molecule has 1 amide bonds. The maximum Gasteiger partial charge on any atom is 0.249 e. The van der Waals surface area contributed by atoms with E-state index in [4.69, 9.17) is 14.6 Å². The number of amides is 1.